The summed E-state index contributed by atoms with van der Waals surface area (Å²) in [5.74, 6) is -1.39. The number of pyridine rings is 1. The fourth-order valence-corrected chi connectivity index (χ4v) is 2.84. The van der Waals surface area contributed by atoms with E-state index < -0.39 is 23.3 Å². The van der Waals surface area contributed by atoms with Crippen molar-refractivity contribution in [1.29, 1.82) is 0 Å². The van der Waals surface area contributed by atoms with Crippen LogP contribution in [0.2, 0.25) is 5.02 Å². The van der Waals surface area contributed by atoms with E-state index in [1.54, 1.807) is 24.3 Å². The molecule has 0 fully saturated rings. The molecule has 0 aliphatic rings. The highest BCUT2D eigenvalue weighted by Crippen LogP contribution is 2.20. The number of amides is 1. The molecule has 2 aromatic heterocycles. The van der Waals surface area contributed by atoms with Crippen LogP contribution < -0.4 is 10.9 Å². The summed E-state index contributed by atoms with van der Waals surface area (Å²) in [4.78, 5) is 29.5. The van der Waals surface area contributed by atoms with Crippen LogP contribution >= 0.6 is 11.6 Å². The Hall–Kier alpha value is -3.14. The highest BCUT2D eigenvalue weighted by atomic mass is 35.5. The predicted molar refractivity (Wildman–Crippen MR) is 108 cm³/mol. The fraction of sp³-hybridized carbons (Fsp3) is 0.200. The van der Waals surface area contributed by atoms with E-state index in [0.29, 0.717) is 10.6 Å². The molecule has 1 aromatic carbocycles. The van der Waals surface area contributed by atoms with Gasteiger partial charge in [-0.25, -0.2) is 4.39 Å². The van der Waals surface area contributed by atoms with E-state index >= 15 is 0 Å². The van der Waals surface area contributed by atoms with Crippen molar-refractivity contribution >= 4 is 17.5 Å². The molecule has 2 heterocycles. The minimum atomic E-state index is -0.772. The lowest BCUT2D eigenvalue weighted by atomic mass is 10.1. The first-order valence-corrected chi connectivity index (χ1v) is 9.22. The molecular formula is C20H18ClFN4O4. The summed E-state index contributed by atoms with van der Waals surface area (Å²) in [6.07, 6.45) is 2.24. The summed E-state index contributed by atoms with van der Waals surface area (Å²) in [5, 5.41) is 16.7. The minimum absolute atomic E-state index is 0.0549. The number of carbonyl (C=O) groups excluding carboxylic acids is 1. The lowest BCUT2D eigenvalue weighted by Crippen LogP contribution is -2.43. The van der Waals surface area contributed by atoms with Gasteiger partial charge in [-0.2, -0.15) is 9.78 Å². The van der Waals surface area contributed by atoms with Crippen LogP contribution in [0.3, 0.4) is 0 Å². The van der Waals surface area contributed by atoms with E-state index in [2.05, 4.69) is 15.4 Å². The van der Waals surface area contributed by atoms with E-state index in [1.807, 2.05) is 0 Å². The summed E-state index contributed by atoms with van der Waals surface area (Å²) in [6, 6.07) is 8.31. The van der Waals surface area contributed by atoms with Crippen LogP contribution in [0.15, 0.2) is 53.6 Å². The smallest absolute Gasteiger partial charge is 0.284 e. The standard InChI is InChI=1S/C20H18ClFN4O4/c1-30-11-15(10-27)24-19(28)17-7-18(12-2-4-13(21)5-3-12)25-26(20(17)29)16-6-14(22)8-23-9-16/h2-9,15,27H,10-11H2,1H3,(H,24,28)/t15-/m0/s1. The summed E-state index contributed by atoms with van der Waals surface area (Å²) in [5.41, 5.74) is -0.0870. The third-order valence-corrected chi connectivity index (χ3v) is 4.41. The number of aliphatic hydroxyl groups excluding tert-OH is 1. The third-order valence-electron chi connectivity index (χ3n) is 4.15. The van der Waals surface area contributed by atoms with Crippen molar-refractivity contribution in [3.8, 4) is 16.9 Å². The Labute approximate surface area is 175 Å². The Morgan fingerprint density at radius 3 is 2.67 bits per heavy atom. The number of hydrogen-bond donors (Lipinski definition) is 2. The highest BCUT2D eigenvalue weighted by Gasteiger charge is 2.20. The second-order valence-electron chi connectivity index (χ2n) is 6.34. The molecule has 0 spiro atoms. The number of rotatable bonds is 7. The van der Waals surface area contributed by atoms with Crippen LogP contribution in [0.4, 0.5) is 4.39 Å². The minimum Gasteiger partial charge on any atom is -0.394 e. The van der Waals surface area contributed by atoms with Crippen molar-refractivity contribution in [2.45, 2.75) is 6.04 Å². The summed E-state index contributed by atoms with van der Waals surface area (Å²) in [7, 11) is 1.42. The SMILES string of the molecule is COC[C@H](CO)NC(=O)c1cc(-c2ccc(Cl)cc2)nn(-c2cncc(F)c2)c1=O. The number of methoxy groups -OCH3 is 1. The monoisotopic (exact) mass is 432 g/mol. The molecule has 2 N–H and O–H groups in total. The van der Waals surface area contributed by atoms with E-state index in [4.69, 9.17) is 16.3 Å². The lowest BCUT2D eigenvalue weighted by Gasteiger charge is -2.16. The van der Waals surface area contributed by atoms with E-state index in [9.17, 15) is 19.1 Å². The second-order valence-corrected chi connectivity index (χ2v) is 6.77. The molecular weight excluding hydrogens is 415 g/mol. The maximum atomic E-state index is 13.7. The van der Waals surface area contributed by atoms with Gasteiger partial charge in [0.25, 0.3) is 11.5 Å². The average Bonchev–Trinajstić information content (AvgIpc) is 2.74. The van der Waals surface area contributed by atoms with E-state index in [1.165, 1.54) is 19.4 Å². The molecule has 0 bridgehead atoms. The summed E-state index contributed by atoms with van der Waals surface area (Å²) >= 11 is 5.93. The Kier molecular flexibility index (Phi) is 6.88. The second kappa shape index (κ2) is 9.57. The molecule has 1 atom stereocenters. The number of ether oxygens (including phenoxy) is 1. The van der Waals surface area contributed by atoms with Gasteiger partial charge in [0.05, 0.1) is 43.0 Å². The predicted octanol–water partition coefficient (Wildman–Crippen LogP) is 1.82. The Bertz CT molecular complexity index is 1100. The quantitative estimate of drug-likeness (QED) is 0.590. The molecule has 0 saturated heterocycles. The van der Waals surface area contributed by atoms with Gasteiger partial charge in [-0.05, 0) is 18.2 Å². The first-order valence-electron chi connectivity index (χ1n) is 8.85. The zero-order chi connectivity index (χ0) is 21.7. The van der Waals surface area contributed by atoms with Gasteiger partial charge < -0.3 is 15.2 Å². The number of nitrogens with zero attached hydrogens (tertiary/aromatic N) is 3. The fourth-order valence-electron chi connectivity index (χ4n) is 2.71. The van der Waals surface area contributed by atoms with Crippen LogP contribution in [-0.4, -0.2) is 52.1 Å². The molecule has 8 nitrogen and oxygen atoms in total. The first kappa shape index (κ1) is 21.6. The highest BCUT2D eigenvalue weighted by molar-refractivity contribution is 6.30. The van der Waals surface area contributed by atoms with Crippen molar-refractivity contribution < 1.29 is 19.0 Å². The average molecular weight is 433 g/mol. The molecule has 0 unspecified atom stereocenters. The number of hydrogen-bond acceptors (Lipinski definition) is 6. The zero-order valence-corrected chi connectivity index (χ0v) is 16.6. The van der Waals surface area contributed by atoms with Crippen molar-refractivity contribution in [3.63, 3.8) is 0 Å². The van der Waals surface area contributed by atoms with Gasteiger partial charge in [0.15, 0.2) is 0 Å². The molecule has 30 heavy (non-hydrogen) atoms. The van der Waals surface area contributed by atoms with Gasteiger partial charge in [-0.15, -0.1) is 0 Å². The van der Waals surface area contributed by atoms with Gasteiger partial charge in [-0.3, -0.25) is 14.6 Å². The maximum Gasteiger partial charge on any atom is 0.284 e. The van der Waals surface area contributed by atoms with Crippen molar-refractivity contribution in [2.24, 2.45) is 0 Å². The molecule has 3 rings (SSSR count). The number of nitrogens with one attached hydrogen (secondary N) is 1. The van der Waals surface area contributed by atoms with E-state index in [0.717, 1.165) is 16.9 Å². The van der Waals surface area contributed by atoms with Crippen LogP contribution in [0, 0.1) is 5.82 Å². The number of carbonyl (C=O) groups is 1. The largest absolute Gasteiger partial charge is 0.394 e. The summed E-state index contributed by atoms with van der Waals surface area (Å²) in [6.45, 7) is -0.323. The first-order chi connectivity index (χ1) is 14.4. The van der Waals surface area contributed by atoms with Gasteiger partial charge >= 0.3 is 0 Å². The molecule has 0 aliphatic carbocycles. The van der Waals surface area contributed by atoms with Crippen molar-refractivity contribution in [3.05, 3.63) is 75.5 Å². The van der Waals surface area contributed by atoms with Gasteiger partial charge in [0.2, 0.25) is 0 Å². The van der Waals surface area contributed by atoms with Gasteiger partial charge in [0.1, 0.15) is 11.4 Å². The number of halogens is 2. The van der Waals surface area contributed by atoms with Gasteiger partial charge in [0, 0.05) is 23.8 Å². The Morgan fingerprint density at radius 1 is 1.30 bits per heavy atom. The molecule has 3 aromatic rings. The number of aromatic nitrogens is 3. The topological polar surface area (TPSA) is 106 Å². The Morgan fingerprint density at radius 2 is 2.03 bits per heavy atom. The van der Waals surface area contributed by atoms with Crippen LogP contribution in [0.25, 0.3) is 16.9 Å². The molecule has 0 saturated carbocycles. The molecule has 1 amide bonds. The van der Waals surface area contributed by atoms with Crippen LogP contribution in [0.5, 0.6) is 0 Å². The number of aliphatic hydroxyl groups is 1. The van der Waals surface area contributed by atoms with E-state index in [-0.39, 0.29) is 30.2 Å². The molecule has 0 aliphatic heterocycles. The van der Waals surface area contributed by atoms with Gasteiger partial charge in [-0.1, -0.05) is 23.7 Å². The maximum absolute atomic E-state index is 13.7. The van der Waals surface area contributed by atoms with Crippen molar-refractivity contribution in [1.82, 2.24) is 20.1 Å². The summed E-state index contributed by atoms with van der Waals surface area (Å²) < 4.78 is 19.5. The zero-order valence-electron chi connectivity index (χ0n) is 15.9. The van der Waals surface area contributed by atoms with Crippen molar-refractivity contribution in [2.75, 3.05) is 20.3 Å². The lowest BCUT2D eigenvalue weighted by molar-refractivity contribution is 0.0837. The normalized spacial score (nSPS) is 11.9. The molecule has 10 heteroatoms. The molecule has 0 radical (unpaired) electrons. The molecule has 156 valence electrons. The number of benzene rings is 1. The van der Waals surface area contributed by atoms with Crippen LogP contribution in [-0.2, 0) is 4.74 Å². The van der Waals surface area contributed by atoms with Crippen LogP contribution in [0.1, 0.15) is 10.4 Å². The Balaban J connectivity index is 2.14. The third kappa shape index (κ3) is 4.88.